The molecular formula is C35H22N2O. The number of hydrogen-bond acceptors (Lipinski definition) is 2. The van der Waals surface area contributed by atoms with Crippen molar-refractivity contribution in [3.63, 3.8) is 0 Å². The van der Waals surface area contributed by atoms with Crippen LogP contribution in [-0.2, 0) is 0 Å². The third kappa shape index (κ3) is 3.26. The van der Waals surface area contributed by atoms with Crippen LogP contribution < -0.4 is 0 Å². The van der Waals surface area contributed by atoms with Gasteiger partial charge in [0.1, 0.15) is 16.8 Å². The van der Waals surface area contributed by atoms with Crippen LogP contribution in [0.1, 0.15) is 0 Å². The highest BCUT2D eigenvalue weighted by Crippen LogP contribution is 2.40. The van der Waals surface area contributed by atoms with E-state index in [0.29, 0.717) is 0 Å². The van der Waals surface area contributed by atoms with Gasteiger partial charge in [0.05, 0.1) is 5.69 Å². The number of pyridine rings is 1. The second kappa shape index (κ2) is 8.19. The molecule has 178 valence electrons. The first kappa shape index (κ1) is 21.0. The molecule has 0 unspecified atom stereocenters. The number of furan rings is 1. The molecule has 0 saturated carbocycles. The zero-order valence-corrected chi connectivity index (χ0v) is 20.5. The van der Waals surface area contributed by atoms with Gasteiger partial charge < -0.3 is 8.82 Å². The SMILES string of the molecule is c1cc(-c2ccc(-c3cc4c5ccccc5oc4c4ccccc34)cc2)cc(-c2cn3ccccc3n2)c1. The highest BCUT2D eigenvalue weighted by molar-refractivity contribution is 6.19. The molecule has 8 rings (SSSR count). The molecular weight excluding hydrogens is 464 g/mol. The van der Waals surface area contributed by atoms with Crippen molar-refractivity contribution >= 4 is 38.4 Å². The molecule has 0 bridgehead atoms. The summed E-state index contributed by atoms with van der Waals surface area (Å²) in [6, 6.07) is 42.6. The fourth-order valence-electron chi connectivity index (χ4n) is 5.56. The maximum atomic E-state index is 6.29. The Bertz CT molecular complexity index is 2100. The van der Waals surface area contributed by atoms with Crippen LogP contribution in [0.15, 0.2) is 138 Å². The lowest BCUT2D eigenvalue weighted by molar-refractivity contribution is 0.672. The first-order valence-corrected chi connectivity index (χ1v) is 12.8. The quantitative estimate of drug-likeness (QED) is 0.249. The monoisotopic (exact) mass is 486 g/mol. The van der Waals surface area contributed by atoms with Gasteiger partial charge in [0.25, 0.3) is 0 Å². The van der Waals surface area contributed by atoms with Crippen molar-refractivity contribution in [2.24, 2.45) is 0 Å². The van der Waals surface area contributed by atoms with Gasteiger partial charge in [-0.25, -0.2) is 4.98 Å². The minimum atomic E-state index is 0.922. The van der Waals surface area contributed by atoms with E-state index in [2.05, 4.69) is 102 Å². The lowest BCUT2D eigenvalue weighted by Crippen LogP contribution is -1.85. The van der Waals surface area contributed by atoms with Gasteiger partial charge in [-0.1, -0.05) is 91.0 Å². The molecule has 0 radical (unpaired) electrons. The van der Waals surface area contributed by atoms with Crippen LogP contribution in [0.2, 0.25) is 0 Å². The predicted molar refractivity (Wildman–Crippen MR) is 156 cm³/mol. The van der Waals surface area contributed by atoms with Crippen molar-refractivity contribution in [3.8, 4) is 33.5 Å². The van der Waals surface area contributed by atoms with Crippen molar-refractivity contribution in [1.29, 1.82) is 0 Å². The maximum Gasteiger partial charge on any atom is 0.143 e. The summed E-state index contributed by atoms with van der Waals surface area (Å²) >= 11 is 0. The molecule has 5 aromatic carbocycles. The molecule has 0 amide bonds. The second-order valence-corrected chi connectivity index (χ2v) is 9.70. The van der Waals surface area contributed by atoms with Gasteiger partial charge in [-0.2, -0.15) is 0 Å². The van der Waals surface area contributed by atoms with Gasteiger partial charge in [0.2, 0.25) is 0 Å². The molecule has 0 aliphatic heterocycles. The normalized spacial score (nSPS) is 11.7. The molecule has 38 heavy (non-hydrogen) atoms. The smallest absolute Gasteiger partial charge is 0.143 e. The zero-order valence-electron chi connectivity index (χ0n) is 20.5. The number of imidazole rings is 1. The van der Waals surface area contributed by atoms with E-state index in [0.717, 1.165) is 44.2 Å². The van der Waals surface area contributed by atoms with Crippen LogP contribution in [0.25, 0.3) is 71.9 Å². The summed E-state index contributed by atoms with van der Waals surface area (Å²) in [5.41, 5.74) is 9.66. The van der Waals surface area contributed by atoms with E-state index in [-0.39, 0.29) is 0 Å². The van der Waals surface area contributed by atoms with E-state index < -0.39 is 0 Å². The summed E-state index contributed by atoms with van der Waals surface area (Å²) in [7, 11) is 0. The number of fused-ring (bicyclic) bond motifs is 6. The Morgan fingerprint density at radius 2 is 1.26 bits per heavy atom. The molecule has 3 heteroatoms. The summed E-state index contributed by atoms with van der Waals surface area (Å²) in [6.07, 6.45) is 4.11. The number of aromatic nitrogens is 2. The van der Waals surface area contributed by atoms with E-state index in [4.69, 9.17) is 9.40 Å². The topological polar surface area (TPSA) is 30.4 Å². The molecule has 3 heterocycles. The Labute approximate surface area is 219 Å². The number of hydrogen-bond donors (Lipinski definition) is 0. The Kier molecular flexibility index (Phi) is 4.52. The van der Waals surface area contributed by atoms with Gasteiger partial charge in [0, 0.05) is 34.1 Å². The van der Waals surface area contributed by atoms with Crippen LogP contribution >= 0.6 is 0 Å². The van der Waals surface area contributed by atoms with Crippen LogP contribution in [-0.4, -0.2) is 9.38 Å². The van der Waals surface area contributed by atoms with Crippen LogP contribution in [0.3, 0.4) is 0 Å². The fourth-order valence-corrected chi connectivity index (χ4v) is 5.56. The van der Waals surface area contributed by atoms with E-state index in [9.17, 15) is 0 Å². The fraction of sp³-hybridized carbons (Fsp3) is 0. The molecule has 8 aromatic rings. The largest absolute Gasteiger partial charge is 0.455 e. The number of nitrogens with zero attached hydrogens (tertiary/aromatic N) is 2. The average Bonchev–Trinajstić information content (AvgIpc) is 3.59. The van der Waals surface area contributed by atoms with Gasteiger partial charge in [0.15, 0.2) is 0 Å². The predicted octanol–water partition coefficient (Wildman–Crippen LogP) is 9.39. The third-order valence-electron chi connectivity index (χ3n) is 7.44. The summed E-state index contributed by atoms with van der Waals surface area (Å²) < 4.78 is 8.35. The molecule has 3 aromatic heterocycles. The van der Waals surface area contributed by atoms with Gasteiger partial charge >= 0.3 is 0 Å². The van der Waals surface area contributed by atoms with Gasteiger partial charge in [-0.05, 0) is 58.0 Å². The minimum absolute atomic E-state index is 0.922. The summed E-state index contributed by atoms with van der Waals surface area (Å²) in [6.45, 7) is 0. The van der Waals surface area contributed by atoms with E-state index in [1.54, 1.807) is 0 Å². The number of rotatable bonds is 3. The molecule has 0 aliphatic carbocycles. The van der Waals surface area contributed by atoms with E-state index >= 15 is 0 Å². The van der Waals surface area contributed by atoms with Crippen molar-refractivity contribution < 1.29 is 4.42 Å². The second-order valence-electron chi connectivity index (χ2n) is 9.70. The van der Waals surface area contributed by atoms with E-state index in [1.165, 1.54) is 27.6 Å². The Morgan fingerprint density at radius 1 is 0.526 bits per heavy atom. The molecule has 0 fully saturated rings. The lowest BCUT2D eigenvalue weighted by Gasteiger charge is -2.10. The minimum Gasteiger partial charge on any atom is -0.455 e. The van der Waals surface area contributed by atoms with Gasteiger partial charge in [-0.15, -0.1) is 0 Å². The highest BCUT2D eigenvalue weighted by Gasteiger charge is 2.14. The molecule has 0 spiro atoms. The van der Waals surface area contributed by atoms with Crippen molar-refractivity contribution in [2.45, 2.75) is 0 Å². The number of benzene rings is 5. The Morgan fingerprint density at radius 3 is 2.13 bits per heavy atom. The van der Waals surface area contributed by atoms with Crippen molar-refractivity contribution in [2.75, 3.05) is 0 Å². The standard InChI is InChI=1S/C35H22N2O/c1-2-12-29-27(10-1)30(21-31-28-11-3-4-13-33(28)38-35(29)31)24-17-15-23(16-18-24)25-8-7-9-26(20-25)32-22-37-19-6-5-14-34(37)36-32/h1-22H. The first-order valence-electron chi connectivity index (χ1n) is 12.8. The highest BCUT2D eigenvalue weighted by atomic mass is 16.3. The van der Waals surface area contributed by atoms with Crippen LogP contribution in [0, 0.1) is 0 Å². The Hall–Kier alpha value is -5.15. The zero-order chi connectivity index (χ0) is 25.1. The summed E-state index contributed by atoms with van der Waals surface area (Å²) in [5.74, 6) is 0. The van der Waals surface area contributed by atoms with Crippen molar-refractivity contribution in [1.82, 2.24) is 9.38 Å². The average molecular weight is 487 g/mol. The van der Waals surface area contributed by atoms with Crippen molar-refractivity contribution in [3.05, 3.63) is 134 Å². The maximum absolute atomic E-state index is 6.29. The first-order chi connectivity index (χ1) is 18.8. The molecule has 0 N–H and O–H groups in total. The molecule has 0 saturated heterocycles. The Balaban J connectivity index is 1.23. The summed E-state index contributed by atoms with van der Waals surface area (Å²) in [5, 5.41) is 4.63. The molecule has 0 atom stereocenters. The molecule has 0 aliphatic rings. The van der Waals surface area contributed by atoms with E-state index in [1.807, 2.05) is 36.5 Å². The van der Waals surface area contributed by atoms with Crippen LogP contribution in [0.5, 0.6) is 0 Å². The van der Waals surface area contributed by atoms with Gasteiger partial charge in [-0.3, -0.25) is 0 Å². The summed E-state index contributed by atoms with van der Waals surface area (Å²) in [4.78, 5) is 4.80. The molecule has 3 nitrogen and oxygen atoms in total. The van der Waals surface area contributed by atoms with Crippen LogP contribution in [0.4, 0.5) is 0 Å². The third-order valence-corrected chi connectivity index (χ3v) is 7.44. The lowest BCUT2D eigenvalue weighted by atomic mass is 9.94. The number of para-hydroxylation sites is 1.